The normalized spacial score (nSPS) is 13.9. The summed E-state index contributed by atoms with van der Waals surface area (Å²) in [5.41, 5.74) is 12.1. The molecule has 0 spiro atoms. The summed E-state index contributed by atoms with van der Waals surface area (Å²) in [4.78, 5) is 14.7. The van der Waals surface area contributed by atoms with Crippen LogP contribution in [0.25, 0.3) is 0 Å². The largest absolute Gasteiger partial charge is 0.398 e. The summed E-state index contributed by atoms with van der Waals surface area (Å²) in [5.74, 6) is 0.102. The third-order valence-corrected chi connectivity index (χ3v) is 4.22. The minimum absolute atomic E-state index is 0.102. The lowest BCUT2D eigenvalue weighted by Gasteiger charge is -2.30. The van der Waals surface area contributed by atoms with E-state index in [2.05, 4.69) is 6.07 Å². The number of nitrogens with zero attached hydrogens (tertiary/aromatic N) is 1. The van der Waals surface area contributed by atoms with Crippen LogP contribution < -0.4 is 5.73 Å². The van der Waals surface area contributed by atoms with E-state index in [0.717, 1.165) is 40.9 Å². The van der Waals surface area contributed by atoms with Crippen molar-refractivity contribution in [3.05, 3.63) is 64.2 Å². The van der Waals surface area contributed by atoms with Gasteiger partial charge >= 0.3 is 0 Å². The fourth-order valence-electron chi connectivity index (χ4n) is 2.92. The molecule has 0 atom stereocenters. The van der Waals surface area contributed by atoms with Gasteiger partial charge in [-0.15, -0.1) is 0 Å². The van der Waals surface area contributed by atoms with E-state index in [-0.39, 0.29) is 5.91 Å². The molecule has 0 radical (unpaired) electrons. The number of nitrogens with two attached hydrogens (primary N) is 1. The number of amides is 1. The average molecular weight is 280 g/mol. The van der Waals surface area contributed by atoms with Gasteiger partial charge in [0, 0.05) is 24.3 Å². The maximum Gasteiger partial charge on any atom is 0.254 e. The number of carbonyl (C=O) groups is 1. The van der Waals surface area contributed by atoms with Gasteiger partial charge in [-0.2, -0.15) is 0 Å². The van der Waals surface area contributed by atoms with Gasteiger partial charge in [-0.05, 0) is 49.1 Å². The number of hydrogen-bond acceptors (Lipinski definition) is 2. The van der Waals surface area contributed by atoms with Gasteiger partial charge in [0.05, 0.1) is 0 Å². The highest BCUT2D eigenvalue weighted by Gasteiger charge is 2.23. The Morgan fingerprint density at radius 3 is 2.81 bits per heavy atom. The van der Waals surface area contributed by atoms with Crippen LogP contribution in [0.3, 0.4) is 0 Å². The number of nitrogen functional groups attached to an aromatic ring is 1. The summed E-state index contributed by atoms with van der Waals surface area (Å²) in [5, 5.41) is 0. The van der Waals surface area contributed by atoms with Crippen LogP contribution in [0, 0.1) is 13.8 Å². The fourth-order valence-corrected chi connectivity index (χ4v) is 2.92. The molecule has 108 valence electrons. The lowest BCUT2D eigenvalue weighted by atomic mass is 9.97. The van der Waals surface area contributed by atoms with Gasteiger partial charge in [-0.1, -0.05) is 29.8 Å². The fraction of sp³-hybridized carbons (Fsp3) is 0.278. The van der Waals surface area contributed by atoms with E-state index < -0.39 is 0 Å². The van der Waals surface area contributed by atoms with Crippen molar-refractivity contribution in [2.24, 2.45) is 0 Å². The number of hydrogen-bond donors (Lipinski definition) is 1. The lowest BCUT2D eigenvalue weighted by molar-refractivity contribution is 0.0734. The van der Waals surface area contributed by atoms with Crippen molar-refractivity contribution < 1.29 is 4.79 Å². The molecular formula is C18H20N2O. The van der Waals surface area contributed by atoms with Gasteiger partial charge in [0.15, 0.2) is 0 Å². The molecule has 2 aromatic rings. The van der Waals surface area contributed by atoms with Gasteiger partial charge in [0.25, 0.3) is 5.91 Å². The SMILES string of the molecule is Cc1ccc(C)c(C(=O)N2CCc3cccc(N)c3C2)c1. The Bertz CT molecular complexity index is 706. The van der Waals surface area contributed by atoms with E-state index in [0.29, 0.717) is 6.54 Å². The van der Waals surface area contributed by atoms with Crippen molar-refractivity contribution in [3.8, 4) is 0 Å². The van der Waals surface area contributed by atoms with E-state index in [9.17, 15) is 4.79 Å². The Balaban J connectivity index is 1.91. The Kier molecular flexibility index (Phi) is 3.42. The Morgan fingerprint density at radius 2 is 2.00 bits per heavy atom. The molecule has 0 aliphatic carbocycles. The van der Waals surface area contributed by atoms with E-state index in [1.54, 1.807) is 0 Å². The predicted molar refractivity (Wildman–Crippen MR) is 85.2 cm³/mol. The minimum Gasteiger partial charge on any atom is -0.398 e. The Morgan fingerprint density at radius 1 is 1.19 bits per heavy atom. The monoisotopic (exact) mass is 280 g/mol. The van der Waals surface area contributed by atoms with Crippen LogP contribution in [-0.2, 0) is 13.0 Å². The second-order valence-electron chi connectivity index (χ2n) is 5.78. The second-order valence-corrected chi connectivity index (χ2v) is 5.78. The Labute approximate surface area is 125 Å². The van der Waals surface area contributed by atoms with Crippen molar-refractivity contribution in [2.45, 2.75) is 26.8 Å². The van der Waals surface area contributed by atoms with E-state index >= 15 is 0 Å². The van der Waals surface area contributed by atoms with Gasteiger partial charge in [-0.25, -0.2) is 0 Å². The van der Waals surface area contributed by atoms with Gasteiger partial charge in [-0.3, -0.25) is 4.79 Å². The number of anilines is 1. The van der Waals surface area contributed by atoms with Crippen LogP contribution in [0.4, 0.5) is 5.69 Å². The molecule has 1 amide bonds. The number of fused-ring (bicyclic) bond motifs is 1. The Hall–Kier alpha value is -2.29. The molecule has 0 saturated carbocycles. The summed E-state index contributed by atoms with van der Waals surface area (Å²) < 4.78 is 0. The summed E-state index contributed by atoms with van der Waals surface area (Å²) in [6.07, 6.45) is 0.872. The maximum atomic E-state index is 12.8. The van der Waals surface area contributed by atoms with Crippen LogP contribution in [-0.4, -0.2) is 17.4 Å². The van der Waals surface area contributed by atoms with E-state index in [1.807, 2.05) is 49.1 Å². The third kappa shape index (κ3) is 2.51. The zero-order chi connectivity index (χ0) is 15.0. The first kappa shape index (κ1) is 13.7. The zero-order valence-corrected chi connectivity index (χ0v) is 12.5. The first-order valence-electron chi connectivity index (χ1n) is 7.29. The molecule has 3 nitrogen and oxygen atoms in total. The number of aryl methyl sites for hydroxylation is 2. The highest BCUT2D eigenvalue weighted by Crippen LogP contribution is 2.26. The van der Waals surface area contributed by atoms with Gasteiger partial charge in [0.1, 0.15) is 0 Å². The first-order valence-corrected chi connectivity index (χ1v) is 7.29. The molecule has 0 fully saturated rings. The van der Waals surface area contributed by atoms with Crippen LogP contribution in [0.1, 0.15) is 32.6 Å². The summed E-state index contributed by atoms with van der Waals surface area (Å²) in [6.45, 7) is 5.36. The van der Waals surface area contributed by atoms with E-state index in [4.69, 9.17) is 5.73 Å². The van der Waals surface area contributed by atoms with Crippen LogP contribution in [0.2, 0.25) is 0 Å². The smallest absolute Gasteiger partial charge is 0.254 e. The lowest BCUT2D eigenvalue weighted by Crippen LogP contribution is -2.36. The zero-order valence-electron chi connectivity index (χ0n) is 12.5. The number of benzene rings is 2. The molecule has 0 saturated heterocycles. The topological polar surface area (TPSA) is 46.3 Å². The van der Waals surface area contributed by atoms with Crippen molar-refractivity contribution in [1.29, 1.82) is 0 Å². The van der Waals surface area contributed by atoms with Crippen LogP contribution in [0.15, 0.2) is 36.4 Å². The summed E-state index contributed by atoms with van der Waals surface area (Å²) in [7, 11) is 0. The summed E-state index contributed by atoms with van der Waals surface area (Å²) >= 11 is 0. The molecule has 3 rings (SSSR count). The maximum absolute atomic E-state index is 12.8. The molecule has 0 unspecified atom stereocenters. The third-order valence-electron chi connectivity index (χ3n) is 4.22. The highest BCUT2D eigenvalue weighted by atomic mass is 16.2. The molecule has 1 heterocycles. The average Bonchev–Trinajstić information content (AvgIpc) is 2.49. The highest BCUT2D eigenvalue weighted by molar-refractivity contribution is 5.96. The molecule has 2 N–H and O–H groups in total. The van der Waals surface area contributed by atoms with Crippen molar-refractivity contribution >= 4 is 11.6 Å². The van der Waals surface area contributed by atoms with Crippen LogP contribution in [0.5, 0.6) is 0 Å². The molecule has 21 heavy (non-hydrogen) atoms. The molecule has 2 aromatic carbocycles. The van der Waals surface area contributed by atoms with E-state index in [1.165, 1.54) is 5.56 Å². The standard InChI is InChI=1S/C18H20N2O/c1-12-6-7-13(2)15(10-12)18(21)20-9-8-14-4-3-5-17(19)16(14)11-20/h3-7,10H,8-9,11,19H2,1-2H3. The van der Waals surface area contributed by atoms with Gasteiger partial charge < -0.3 is 10.6 Å². The van der Waals surface area contributed by atoms with Crippen molar-refractivity contribution in [2.75, 3.05) is 12.3 Å². The quantitative estimate of drug-likeness (QED) is 0.816. The van der Waals surface area contributed by atoms with Gasteiger partial charge in [0.2, 0.25) is 0 Å². The molecule has 3 heteroatoms. The molecule has 1 aliphatic heterocycles. The summed E-state index contributed by atoms with van der Waals surface area (Å²) in [6, 6.07) is 12.0. The predicted octanol–water partition coefficient (Wildman–Crippen LogP) is 3.08. The minimum atomic E-state index is 0.102. The number of rotatable bonds is 1. The van der Waals surface area contributed by atoms with Crippen LogP contribution >= 0.6 is 0 Å². The molecular weight excluding hydrogens is 260 g/mol. The second kappa shape index (κ2) is 5.24. The van der Waals surface area contributed by atoms with Crippen molar-refractivity contribution in [1.82, 2.24) is 4.90 Å². The molecule has 0 aromatic heterocycles. The van der Waals surface area contributed by atoms with Crippen molar-refractivity contribution in [3.63, 3.8) is 0 Å². The first-order chi connectivity index (χ1) is 10.1. The molecule has 1 aliphatic rings. The molecule has 0 bridgehead atoms. The number of carbonyl (C=O) groups excluding carboxylic acids is 1.